The predicted molar refractivity (Wildman–Crippen MR) is 67.6 cm³/mol. The van der Waals surface area contributed by atoms with E-state index in [1.54, 1.807) is 0 Å². The molecular formula is C15H19FeN+2. The van der Waals surface area contributed by atoms with Crippen LogP contribution in [-0.4, -0.2) is 24.5 Å². The van der Waals surface area contributed by atoms with Gasteiger partial charge in [-0.25, -0.2) is 0 Å². The smallest absolute Gasteiger partial charge is 0.303 e. The normalized spacial score (nSPS) is 25.4. The molecule has 2 saturated carbocycles. The zero-order chi connectivity index (χ0) is 11.1. The van der Waals surface area contributed by atoms with E-state index >= 15 is 0 Å². The number of hydrogen-bond acceptors (Lipinski definition) is 1. The van der Waals surface area contributed by atoms with Crippen molar-refractivity contribution >= 4 is 0 Å². The second-order valence-corrected chi connectivity index (χ2v) is 4.24. The Morgan fingerprint density at radius 3 is 1.71 bits per heavy atom. The fourth-order valence-corrected chi connectivity index (χ4v) is 2.04. The largest absolute Gasteiger partial charge is 2.00 e. The minimum atomic E-state index is 0. The molecule has 1 heterocycles. The molecule has 0 unspecified atom stereocenters. The van der Waals surface area contributed by atoms with Crippen molar-refractivity contribution in [2.24, 2.45) is 0 Å². The molecule has 1 saturated heterocycles. The maximum absolute atomic E-state index is 2.52. The van der Waals surface area contributed by atoms with Gasteiger partial charge >= 0.3 is 17.1 Å². The van der Waals surface area contributed by atoms with Crippen molar-refractivity contribution in [3.8, 4) is 0 Å². The molecule has 0 aromatic rings. The molecule has 0 spiro atoms. The van der Waals surface area contributed by atoms with E-state index < -0.39 is 0 Å². The maximum atomic E-state index is 2.52. The third-order valence-corrected chi connectivity index (χ3v) is 2.89. The fraction of sp³-hybridized carbons (Fsp3) is 0.333. The van der Waals surface area contributed by atoms with Gasteiger partial charge in [-0.15, -0.1) is 0 Å². The molecule has 0 aromatic carbocycles. The van der Waals surface area contributed by atoms with Gasteiger partial charge in [0.2, 0.25) is 0 Å². The molecule has 2 aliphatic carbocycles. The van der Waals surface area contributed by atoms with Gasteiger partial charge in [-0.05, 0) is 89.6 Å². The van der Waals surface area contributed by atoms with Gasteiger partial charge in [0.1, 0.15) is 0 Å². The van der Waals surface area contributed by atoms with E-state index in [0.717, 1.165) is 6.54 Å². The van der Waals surface area contributed by atoms with Gasteiger partial charge in [0.15, 0.2) is 0 Å². The summed E-state index contributed by atoms with van der Waals surface area (Å²) < 4.78 is 0. The molecule has 0 amide bonds. The molecule has 90 valence electrons. The summed E-state index contributed by atoms with van der Waals surface area (Å²) in [6, 6.07) is 0. The van der Waals surface area contributed by atoms with Gasteiger partial charge in [-0.2, -0.15) is 0 Å². The summed E-state index contributed by atoms with van der Waals surface area (Å²) in [6.07, 6.45) is 21.4. The van der Waals surface area contributed by atoms with E-state index in [-0.39, 0.29) is 17.1 Å². The SMILES string of the molecule is [CH]1[CH][CH][CH][CH]1.[CH]1[CH][CH][C](CN2CCCC2)[CH]1.[Fe+2]. The summed E-state index contributed by atoms with van der Waals surface area (Å²) in [6.45, 7) is 3.75. The van der Waals surface area contributed by atoms with E-state index in [1.807, 2.05) is 32.1 Å². The maximum Gasteiger partial charge on any atom is 2.00 e. The van der Waals surface area contributed by atoms with Crippen molar-refractivity contribution < 1.29 is 17.1 Å². The summed E-state index contributed by atoms with van der Waals surface area (Å²) in [5.41, 5.74) is 0. The number of rotatable bonds is 2. The van der Waals surface area contributed by atoms with E-state index in [0.29, 0.717) is 0 Å². The zero-order valence-corrected chi connectivity index (χ0v) is 11.1. The van der Waals surface area contributed by atoms with Gasteiger partial charge in [0, 0.05) is 6.54 Å². The van der Waals surface area contributed by atoms with Crippen molar-refractivity contribution in [3.05, 3.63) is 63.7 Å². The van der Waals surface area contributed by atoms with E-state index in [9.17, 15) is 0 Å². The molecule has 1 aliphatic heterocycles. The van der Waals surface area contributed by atoms with Crippen LogP contribution in [0, 0.1) is 63.7 Å². The number of hydrogen-bond donors (Lipinski definition) is 0. The summed E-state index contributed by atoms with van der Waals surface area (Å²) in [7, 11) is 0. The molecule has 0 N–H and O–H groups in total. The molecule has 10 radical (unpaired) electrons. The standard InChI is InChI=1S/C10H14N.C5H5.Fe/c1-2-6-10(5-1)9-11-7-3-4-8-11;1-2-4-5-3-1;/h1-2,5-6H,3-4,7-9H2;1-5H;/q;;+2. The molecule has 0 atom stereocenters. The van der Waals surface area contributed by atoms with E-state index in [1.165, 1.54) is 31.8 Å². The van der Waals surface area contributed by atoms with Crippen LogP contribution < -0.4 is 0 Å². The summed E-state index contributed by atoms with van der Waals surface area (Å²) in [5, 5.41) is 0. The average molecular weight is 269 g/mol. The second-order valence-electron chi connectivity index (χ2n) is 4.24. The molecule has 3 rings (SSSR count). The van der Waals surface area contributed by atoms with Crippen LogP contribution in [0.5, 0.6) is 0 Å². The first-order chi connectivity index (χ1) is 7.95. The Hall–Kier alpha value is 0.479. The zero-order valence-electron chi connectivity index (χ0n) is 10.0. The van der Waals surface area contributed by atoms with Gasteiger partial charge in [0.25, 0.3) is 0 Å². The Morgan fingerprint density at radius 2 is 1.24 bits per heavy atom. The van der Waals surface area contributed by atoms with Crippen LogP contribution in [0.4, 0.5) is 0 Å². The van der Waals surface area contributed by atoms with Crippen LogP contribution in [0.1, 0.15) is 12.8 Å². The summed E-state index contributed by atoms with van der Waals surface area (Å²) in [4.78, 5) is 2.52. The van der Waals surface area contributed by atoms with Crippen LogP contribution in [0.3, 0.4) is 0 Å². The second kappa shape index (κ2) is 9.41. The number of nitrogens with zero attached hydrogens (tertiary/aromatic N) is 1. The van der Waals surface area contributed by atoms with Crippen molar-refractivity contribution in [1.82, 2.24) is 4.90 Å². The van der Waals surface area contributed by atoms with Crippen LogP contribution >= 0.6 is 0 Å². The van der Waals surface area contributed by atoms with Gasteiger partial charge in [-0.1, -0.05) is 0 Å². The number of likely N-dealkylation sites (tertiary alicyclic amines) is 1. The minimum absolute atomic E-state index is 0. The van der Waals surface area contributed by atoms with E-state index in [4.69, 9.17) is 0 Å². The molecule has 1 nitrogen and oxygen atoms in total. The monoisotopic (exact) mass is 269 g/mol. The Kier molecular flexibility index (Phi) is 8.60. The molecule has 0 bridgehead atoms. The van der Waals surface area contributed by atoms with Crippen LogP contribution in [-0.2, 0) is 17.1 Å². The Morgan fingerprint density at radius 1 is 0.765 bits per heavy atom. The molecule has 17 heavy (non-hydrogen) atoms. The molecular weight excluding hydrogens is 250 g/mol. The van der Waals surface area contributed by atoms with Crippen LogP contribution in [0.25, 0.3) is 0 Å². The van der Waals surface area contributed by atoms with Crippen molar-refractivity contribution in [3.63, 3.8) is 0 Å². The van der Waals surface area contributed by atoms with Gasteiger partial charge < -0.3 is 4.90 Å². The summed E-state index contributed by atoms with van der Waals surface area (Å²) >= 11 is 0. The first-order valence-electron chi connectivity index (χ1n) is 6.05. The van der Waals surface area contributed by atoms with Gasteiger partial charge in [0.05, 0.1) is 0 Å². The average Bonchev–Trinajstić information content (AvgIpc) is 3.05. The molecule has 3 aliphatic rings. The van der Waals surface area contributed by atoms with Gasteiger partial charge in [-0.3, -0.25) is 0 Å². The van der Waals surface area contributed by atoms with Crippen molar-refractivity contribution in [2.45, 2.75) is 12.8 Å². The summed E-state index contributed by atoms with van der Waals surface area (Å²) in [5.74, 6) is 1.46. The van der Waals surface area contributed by atoms with Crippen molar-refractivity contribution in [1.29, 1.82) is 0 Å². The molecule has 2 heteroatoms. The predicted octanol–water partition coefficient (Wildman–Crippen LogP) is 2.51. The third kappa shape index (κ3) is 6.27. The minimum Gasteiger partial charge on any atom is -0.303 e. The first kappa shape index (κ1) is 15.5. The van der Waals surface area contributed by atoms with Crippen LogP contribution in [0.15, 0.2) is 0 Å². The molecule has 0 aromatic heterocycles. The Labute approximate surface area is 118 Å². The first-order valence-corrected chi connectivity index (χ1v) is 6.05. The fourth-order valence-electron chi connectivity index (χ4n) is 2.04. The quantitative estimate of drug-likeness (QED) is 0.696. The van der Waals surface area contributed by atoms with Crippen LogP contribution in [0.2, 0.25) is 0 Å². The Bertz CT molecular complexity index is 146. The molecule has 3 fully saturated rings. The Balaban J connectivity index is 0.000000205. The third-order valence-electron chi connectivity index (χ3n) is 2.89. The van der Waals surface area contributed by atoms with Crippen molar-refractivity contribution in [2.75, 3.05) is 19.6 Å². The van der Waals surface area contributed by atoms with E-state index in [2.05, 4.69) is 30.6 Å². The topological polar surface area (TPSA) is 3.24 Å².